The number of benzene rings is 2. The molecule has 30 heavy (non-hydrogen) atoms. The van der Waals surface area contributed by atoms with E-state index in [0.717, 1.165) is 29.8 Å². The Labute approximate surface area is 174 Å². The minimum atomic E-state index is -0.528. The predicted molar refractivity (Wildman–Crippen MR) is 109 cm³/mol. The lowest BCUT2D eigenvalue weighted by atomic mass is 9.77. The Morgan fingerprint density at radius 3 is 2.87 bits per heavy atom. The first-order chi connectivity index (χ1) is 14.6. The maximum Gasteiger partial charge on any atom is 0.246 e. The number of piperidine rings is 1. The number of likely N-dealkylation sites (tertiary alicyclic amines) is 1. The number of ether oxygens (including phenoxy) is 1. The van der Waals surface area contributed by atoms with Gasteiger partial charge in [-0.1, -0.05) is 30.3 Å². The number of rotatable bonds is 4. The number of carbonyl (C=O) groups is 1. The molecular weight excluding hydrogens is 383 g/mol. The van der Waals surface area contributed by atoms with Crippen LogP contribution >= 0.6 is 0 Å². The number of aromatic nitrogens is 2. The molecule has 3 heterocycles. The molecule has 2 aliphatic rings. The molecule has 6 nitrogen and oxygen atoms in total. The van der Waals surface area contributed by atoms with Crippen molar-refractivity contribution in [2.45, 2.75) is 24.6 Å². The summed E-state index contributed by atoms with van der Waals surface area (Å²) in [7, 11) is 0. The highest BCUT2D eigenvalue weighted by Gasteiger charge is 2.49. The molecule has 0 spiro atoms. The van der Waals surface area contributed by atoms with Crippen LogP contribution in [0.2, 0.25) is 0 Å². The smallest absolute Gasteiger partial charge is 0.246 e. The Kier molecular flexibility index (Phi) is 4.84. The Bertz CT molecular complexity index is 1040. The van der Waals surface area contributed by atoms with Gasteiger partial charge in [-0.25, -0.2) is 9.07 Å². The standard InChI is InChI=1S/C23H23FN4O2/c24-19-7-8-20(28-11-4-10-25-28)17(13-19)14-27-12-9-23(18-5-2-1-3-6-18)21(15-27)30-16-22(29)26-23/h1-8,10-11,13,21H,9,12,14-16H2,(H,26,29)/t21-,23+/m1/s1. The molecule has 1 aromatic heterocycles. The zero-order valence-electron chi connectivity index (χ0n) is 16.5. The summed E-state index contributed by atoms with van der Waals surface area (Å²) in [6, 6.07) is 16.6. The number of hydrogen-bond acceptors (Lipinski definition) is 4. The maximum absolute atomic E-state index is 14.0. The SMILES string of the molecule is O=C1CO[C@@H]2CN(Cc3cc(F)ccc3-n3cccn3)CC[C@@]2(c2ccccc2)N1. The molecule has 0 unspecified atom stereocenters. The van der Waals surface area contributed by atoms with E-state index in [9.17, 15) is 9.18 Å². The third kappa shape index (κ3) is 3.40. The fraction of sp³-hybridized carbons (Fsp3) is 0.304. The summed E-state index contributed by atoms with van der Waals surface area (Å²) in [4.78, 5) is 14.4. The van der Waals surface area contributed by atoms with E-state index < -0.39 is 5.54 Å². The first-order valence-corrected chi connectivity index (χ1v) is 10.1. The average molecular weight is 406 g/mol. The molecule has 2 fully saturated rings. The van der Waals surface area contributed by atoms with Crippen molar-refractivity contribution in [3.05, 3.63) is 83.9 Å². The Morgan fingerprint density at radius 2 is 2.07 bits per heavy atom. The van der Waals surface area contributed by atoms with Gasteiger partial charge in [-0.3, -0.25) is 9.69 Å². The number of morpholine rings is 1. The zero-order valence-corrected chi connectivity index (χ0v) is 16.5. The van der Waals surface area contributed by atoms with Crippen LogP contribution in [0.3, 0.4) is 0 Å². The molecule has 0 saturated carbocycles. The van der Waals surface area contributed by atoms with Gasteiger partial charge < -0.3 is 10.1 Å². The fourth-order valence-electron chi connectivity index (χ4n) is 4.61. The van der Waals surface area contributed by atoms with E-state index in [1.54, 1.807) is 23.0 Å². The summed E-state index contributed by atoms with van der Waals surface area (Å²) in [6.45, 7) is 2.03. The average Bonchev–Trinajstić information content (AvgIpc) is 3.29. The number of fused-ring (bicyclic) bond motifs is 1. The summed E-state index contributed by atoms with van der Waals surface area (Å²) in [5.74, 6) is -0.354. The first-order valence-electron chi connectivity index (χ1n) is 10.1. The molecule has 2 aliphatic heterocycles. The van der Waals surface area contributed by atoms with Crippen molar-refractivity contribution in [3.63, 3.8) is 0 Å². The van der Waals surface area contributed by atoms with Crippen LogP contribution in [0.4, 0.5) is 4.39 Å². The monoisotopic (exact) mass is 406 g/mol. The Hall–Kier alpha value is -3.03. The van der Waals surface area contributed by atoms with Crippen LogP contribution in [0.1, 0.15) is 17.5 Å². The van der Waals surface area contributed by atoms with E-state index in [4.69, 9.17) is 4.74 Å². The molecule has 0 radical (unpaired) electrons. The molecule has 0 bridgehead atoms. The molecule has 3 aromatic rings. The van der Waals surface area contributed by atoms with E-state index in [-0.39, 0.29) is 24.4 Å². The van der Waals surface area contributed by atoms with Crippen molar-refractivity contribution in [2.75, 3.05) is 19.7 Å². The third-order valence-corrected chi connectivity index (χ3v) is 6.05. The van der Waals surface area contributed by atoms with Crippen molar-refractivity contribution in [1.82, 2.24) is 20.0 Å². The van der Waals surface area contributed by atoms with E-state index in [1.807, 2.05) is 42.6 Å². The lowest BCUT2D eigenvalue weighted by molar-refractivity contribution is -0.152. The van der Waals surface area contributed by atoms with Crippen LogP contribution in [0.15, 0.2) is 67.0 Å². The number of hydrogen-bond donors (Lipinski definition) is 1. The largest absolute Gasteiger partial charge is 0.364 e. The van der Waals surface area contributed by atoms with Gasteiger partial charge in [-0.2, -0.15) is 5.10 Å². The number of amides is 1. The molecule has 2 aromatic carbocycles. The number of nitrogens with one attached hydrogen (secondary N) is 1. The van der Waals surface area contributed by atoms with Crippen molar-refractivity contribution in [2.24, 2.45) is 0 Å². The quantitative estimate of drug-likeness (QED) is 0.724. The molecule has 154 valence electrons. The van der Waals surface area contributed by atoms with Gasteiger partial charge in [-0.05, 0) is 41.8 Å². The number of halogens is 1. The summed E-state index contributed by atoms with van der Waals surface area (Å²) < 4.78 is 21.8. The van der Waals surface area contributed by atoms with Gasteiger partial charge in [-0.15, -0.1) is 0 Å². The van der Waals surface area contributed by atoms with Crippen molar-refractivity contribution in [1.29, 1.82) is 0 Å². The van der Waals surface area contributed by atoms with Gasteiger partial charge in [0.25, 0.3) is 0 Å². The molecule has 7 heteroatoms. The van der Waals surface area contributed by atoms with Gasteiger partial charge in [0.05, 0.1) is 17.3 Å². The van der Waals surface area contributed by atoms with Crippen LogP contribution in [0.25, 0.3) is 5.69 Å². The van der Waals surface area contributed by atoms with E-state index in [0.29, 0.717) is 13.1 Å². The van der Waals surface area contributed by atoms with Crippen molar-refractivity contribution < 1.29 is 13.9 Å². The lowest BCUT2D eigenvalue weighted by Gasteiger charge is -2.50. The van der Waals surface area contributed by atoms with E-state index in [1.165, 1.54) is 6.07 Å². The van der Waals surface area contributed by atoms with Gasteiger partial charge in [0.2, 0.25) is 5.91 Å². The van der Waals surface area contributed by atoms with Gasteiger partial charge >= 0.3 is 0 Å². The summed E-state index contributed by atoms with van der Waals surface area (Å²) in [5.41, 5.74) is 2.26. The summed E-state index contributed by atoms with van der Waals surface area (Å²) in [6.07, 6.45) is 4.11. The van der Waals surface area contributed by atoms with Crippen molar-refractivity contribution >= 4 is 5.91 Å². The highest BCUT2D eigenvalue weighted by atomic mass is 19.1. The van der Waals surface area contributed by atoms with Gasteiger partial charge in [0.1, 0.15) is 12.4 Å². The highest BCUT2D eigenvalue weighted by molar-refractivity contribution is 5.79. The second kappa shape index (κ2) is 7.66. The highest BCUT2D eigenvalue weighted by Crippen LogP contribution is 2.37. The van der Waals surface area contributed by atoms with Crippen molar-refractivity contribution in [3.8, 4) is 5.69 Å². The topological polar surface area (TPSA) is 59.4 Å². The minimum absolute atomic E-state index is 0.0611. The fourth-order valence-corrected chi connectivity index (χ4v) is 4.61. The molecule has 0 aliphatic carbocycles. The van der Waals surface area contributed by atoms with Gasteiger partial charge in [0.15, 0.2) is 0 Å². The Morgan fingerprint density at radius 1 is 1.20 bits per heavy atom. The van der Waals surface area contributed by atoms with Crippen LogP contribution in [0, 0.1) is 5.82 Å². The third-order valence-electron chi connectivity index (χ3n) is 6.05. The number of carbonyl (C=O) groups excluding carboxylic acids is 1. The molecule has 1 amide bonds. The zero-order chi connectivity index (χ0) is 20.6. The second-order valence-electron chi connectivity index (χ2n) is 7.89. The van der Waals surface area contributed by atoms with Crippen LogP contribution < -0.4 is 5.32 Å². The predicted octanol–water partition coefficient (Wildman–Crippen LogP) is 2.63. The molecular formula is C23H23FN4O2. The minimum Gasteiger partial charge on any atom is -0.364 e. The normalized spacial score (nSPS) is 24.3. The molecule has 2 saturated heterocycles. The first kappa shape index (κ1) is 19.0. The van der Waals surface area contributed by atoms with Gasteiger partial charge in [0, 0.05) is 32.0 Å². The lowest BCUT2D eigenvalue weighted by Crippen LogP contribution is -2.66. The van der Waals surface area contributed by atoms with Crippen LogP contribution in [-0.2, 0) is 21.6 Å². The number of nitrogens with zero attached hydrogens (tertiary/aromatic N) is 3. The molecule has 5 rings (SSSR count). The molecule has 1 N–H and O–H groups in total. The summed E-state index contributed by atoms with van der Waals surface area (Å²) >= 11 is 0. The van der Waals surface area contributed by atoms with E-state index in [2.05, 4.69) is 15.3 Å². The summed E-state index contributed by atoms with van der Waals surface area (Å²) in [5, 5.41) is 7.51. The second-order valence-corrected chi connectivity index (χ2v) is 7.89. The Balaban J connectivity index is 1.41. The molecule has 2 atom stereocenters. The maximum atomic E-state index is 14.0. The van der Waals surface area contributed by atoms with Crippen LogP contribution in [0.5, 0.6) is 0 Å². The van der Waals surface area contributed by atoms with Crippen LogP contribution in [-0.4, -0.2) is 46.4 Å². The van der Waals surface area contributed by atoms with E-state index >= 15 is 0 Å².